The van der Waals surface area contributed by atoms with E-state index in [1.807, 2.05) is 13.8 Å². The van der Waals surface area contributed by atoms with Gasteiger partial charge in [0, 0.05) is 13.1 Å². The molecular weight excluding hydrogens is 166 g/mol. The summed E-state index contributed by atoms with van der Waals surface area (Å²) in [6, 6.07) is 0. The molecule has 0 aliphatic heterocycles. The summed E-state index contributed by atoms with van der Waals surface area (Å²) < 4.78 is 0. The summed E-state index contributed by atoms with van der Waals surface area (Å²) in [5.74, 6) is 0. The highest BCUT2D eigenvalue weighted by Gasteiger charge is 2.18. The highest BCUT2D eigenvalue weighted by molar-refractivity contribution is 4.73. The minimum absolute atomic E-state index is 0.276. The van der Waals surface area contributed by atoms with Gasteiger partial charge in [-0.25, -0.2) is 0 Å². The van der Waals surface area contributed by atoms with E-state index in [-0.39, 0.29) is 6.10 Å². The van der Waals surface area contributed by atoms with Gasteiger partial charge in [0.2, 0.25) is 0 Å². The highest BCUT2D eigenvalue weighted by atomic mass is 16.3. The van der Waals surface area contributed by atoms with Crippen LogP contribution in [0.2, 0.25) is 0 Å². The Morgan fingerprint density at radius 3 is 2.15 bits per heavy atom. The van der Waals surface area contributed by atoms with Gasteiger partial charge in [-0.05, 0) is 26.8 Å². The van der Waals surface area contributed by atoms with E-state index in [9.17, 15) is 10.2 Å². The van der Waals surface area contributed by atoms with Crippen LogP contribution < -0.4 is 0 Å². The first-order chi connectivity index (χ1) is 5.89. The summed E-state index contributed by atoms with van der Waals surface area (Å²) in [7, 11) is 0. The topological polar surface area (TPSA) is 43.7 Å². The minimum Gasteiger partial charge on any atom is -0.392 e. The lowest BCUT2D eigenvalue weighted by Gasteiger charge is -2.29. The fourth-order valence-electron chi connectivity index (χ4n) is 1.28. The fourth-order valence-corrected chi connectivity index (χ4v) is 1.28. The third-order valence-electron chi connectivity index (χ3n) is 2.00. The molecular formula is C10H23NO2. The molecule has 0 bridgehead atoms. The lowest BCUT2D eigenvalue weighted by molar-refractivity contribution is 0.0201. The van der Waals surface area contributed by atoms with Gasteiger partial charge >= 0.3 is 0 Å². The molecule has 0 saturated carbocycles. The average Bonchev–Trinajstić information content (AvgIpc) is 2.00. The summed E-state index contributed by atoms with van der Waals surface area (Å²) in [6.07, 6.45) is 0.491. The van der Waals surface area contributed by atoms with E-state index >= 15 is 0 Å². The molecule has 13 heavy (non-hydrogen) atoms. The SMILES string of the molecule is CCC(O)CN(CC)CC(C)(C)O. The molecule has 0 aromatic carbocycles. The number of hydrogen-bond donors (Lipinski definition) is 2. The van der Waals surface area contributed by atoms with E-state index in [4.69, 9.17) is 0 Å². The Balaban J connectivity index is 3.89. The number of nitrogens with zero attached hydrogens (tertiary/aromatic N) is 1. The van der Waals surface area contributed by atoms with Crippen molar-refractivity contribution in [3.05, 3.63) is 0 Å². The first-order valence-corrected chi connectivity index (χ1v) is 5.01. The van der Waals surface area contributed by atoms with Gasteiger partial charge in [-0.2, -0.15) is 0 Å². The Morgan fingerprint density at radius 2 is 1.85 bits per heavy atom. The van der Waals surface area contributed by atoms with Crippen molar-refractivity contribution in [2.24, 2.45) is 0 Å². The van der Waals surface area contributed by atoms with Crippen molar-refractivity contribution in [2.75, 3.05) is 19.6 Å². The van der Waals surface area contributed by atoms with Crippen LogP contribution in [0.5, 0.6) is 0 Å². The van der Waals surface area contributed by atoms with Crippen molar-refractivity contribution in [1.82, 2.24) is 4.90 Å². The maximum absolute atomic E-state index is 9.58. The zero-order valence-corrected chi connectivity index (χ0v) is 9.25. The van der Waals surface area contributed by atoms with E-state index in [0.29, 0.717) is 13.1 Å². The Hall–Kier alpha value is -0.120. The number of aliphatic hydroxyl groups is 2. The average molecular weight is 189 g/mol. The molecule has 3 heteroatoms. The van der Waals surface area contributed by atoms with Crippen molar-refractivity contribution in [3.8, 4) is 0 Å². The smallest absolute Gasteiger partial charge is 0.0718 e. The van der Waals surface area contributed by atoms with Crippen LogP contribution in [-0.4, -0.2) is 46.5 Å². The molecule has 0 rings (SSSR count). The number of aliphatic hydroxyl groups excluding tert-OH is 1. The maximum Gasteiger partial charge on any atom is 0.0718 e. The van der Waals surface area contributed by atoms with Crippen LogP contribution in [0.3, 0.4) is 0 Å². The Labute approximate surface area is 81.4 Å². The van der Waals surface area contributed by atoms with Crippen LogP contribution in [-0.2, 0) is 0 Å². The Bertz CT molecular complexity index is 131. The Morgan fingerprint density at radius 1 is 1.31 bits per heavy atom. The third kappa shape index (κ3) is 6.99. The van der Waals surface area contributed by atoms with Crippen LogP contribution in [0.4, 0.5) is 0 Å². The quantitative estimate of drug-likeness (QED) is 0.651. The van der Waals surface area contributed by atoms with Crippen LogP contribution in [0.25, 0.3) is 0 Å². The molecule has 3 nitrogen and oxygen atoms in total. The number of rotatable bonds is 6. The van der Waals surface area contributed by atoms with Gasteiger partial charge in [0.15, 0.2) is 0 Å². The van der Waals surface area contributed by atoms with Crippen LogP contribution in [0.1, 0.15) is 34.1 Å². The zero-order chi connectivity index (χ0) is 10.5. The summed E-state index contributed by atoms with van der Waals surface area (Å²) in [6.45, 7) is 9.69. The second-order valence-electron chi connectivity index (χ2n) is 4.20. The van der Waals surface area contributed by atoms with E-state index < -0.39 is 5.60 Å². The maximum atomic E-state index is 9.58. The van der Waals surface area contributed by atoms with Crippen molar-refractivity contribution in [2.45, 2.75) is 45.8 Å². The molecule has 0 heterocycles. The number of hydrogen-bond acceptors (Lipinski definition) is 3. The largest absolute Gasteiger partial charge is 0.392 e. The predicted molar refractivity (Wildman–Crippen MR) is 54.7 cm³/mol. The van der Waals surface area contributed by atoms with Crippen molar-refractivity contribution in [1.29, 1.82) is 0 Å². The molecule has 80 valence electrons. The molecule has 1 unspecified atom stereocenters. The lowest BCUT2D eigenvalue weighted by atomic mass is 10.1. The van der Waals surface area contributed by atoms with Gasteiger partial charge in [0.1, 0.15) is 0 Å². The van der Waals surface area contributed by atoms with Gasteiger partial charge < -0.3 is 10.2 Å². The predicted octanol–water partition coefficient (Wildman–Crippen LogP) is 0.850. The first kappa shape index (κ1) is 12.9. The van der Waals surface area contributed by atoms with Crippen LogP contribution in [0.15, 0.2) is 0 Å². The molecule has 0 fully saturated rings. The second kappa shape index (κ2) is 5.58. The molecule has 0 radical (unpaired) electrons. The van der Waals surface area contributed by atoms with Crippen molar-refractivity contribution < 1.29 is 10.2 Å². The van der Waals surface area contributed by atoms with Gasteiger partial charge in [0.05, 0.1) is 11.7 Å². The van der Waals surface area contributed by atoms with Crippen molar-refractivity contribution in [3.63, 3.8) is 0 Å². The fraction of sp³-hybridized carbons (Fsp3) is 1.00. The van der Waals surface area contributed by atoms with E-state index in [0.717, 1.165) is 13.0 Å². The highest BCUT2D eigenvalue weighted by Crippen LogP contribution is 2.06. The van der Waals surface area contributed by atoms with Gasteiger partial charge in [-0.1, -0.05) is 13.8 Å². The molecule has 0 spiro atoms. The molecule has 0 aliphatic rings. The minimum atomic E-state index is -0.677. The summed E-state index contributed by atoms with van der Waals surface area (Å²) >= 11 is 0. The van der Waals surface area contributed by atoms with E-state index in [2.05, 4.69) is 4.90 Å². The summed E-state index contributed by atoms with van der Waals surface area (Å²) in [5, 5.41) is 19.0. The first-order valence-electron chi connectivity index (χ1n) is 5.01. The second-order valence-corrected chi connectivity index (χ2v) is 4.20. The molecule has 0 amide bonds. The van der Waals surface area contributed by atoms with Crippen LogP contribution >= 0.6 is 0 Å². The van der Waals surface area contributed by atoms with Gasteiger partial charge in [-0.3, -0.25) is 4.90 Å². The molecule has 0 saturated heterocycles. The van der Waals surface area contributed by atoms with Gasteiger partial charge in [0.25, 0.3) is 0 Å². The summed E-state index contributed by atoms with van der Waals surface area (Å²) in [5.41, 5.74) is -0.677. The molecule has 1 atom stereocenters. The third-order valence-corrected chi connectivity index (χ3v) is 2.00. The molecule has 0 aliphatic carbocycles. The molecule has 0 aromatic heterocycles. The normalized spacial score (nSPS) is 15.0. The van der Waals surface area contributed by atoms with Crippen molar-refractivity contribution >= 4 is 0 Å². The van der Waals surface area contributed by atoms with E-state index in [1.165, 1.54) is 0 Å². The Kier molecular flexibility index (Phi) is 5.53. The standard InChI is InChI=1S/C10H23NO2/c1-5-9(12)7-11(6-2)8-10(3,4)13/h9,12-13H,5-8H2,1-4H3. The van der Waals surface area contributed by atoms with Gasteiger partial charge in [-0.15, -0.1) is 0 Å². The van der Waals surface area contributed by atoms with E-state index in [1.54, 1.807) is 13.8 Å². The van der Waals surface area contributed by atoms with Crippen LogP contribution in [0, 0.1) is 0 Å². The number of likely N-dealkylation sites (N-methyl/N-ethyl adjacent to an activating group) is 1. The zero-order valence-electron chi connectivity index (χ0n) is 9.25. The molecule has 2 N–H and O–H groups in total. The molecule has 0 aromatic rings. The monoisotopic (exact) mass is 189 g/mol. The summed E-state index contributed by atoms with van der Waals surface area (Å²) in [4.78, 5) is 2.06. The lowest BCUT2D eigenvalue weighted by Crippen LogP contribution is -2.42.